The van der Waals surface area contributed by atoms with E-state index in [0.29, 0.717) is 5.92 Å². The molecule has 3 rings (SSSR count). The number of rotatable bonds is 3. The molecule has 0 saturated carbocycles. The maximum Gasteiger partial charge on any atom is 0.114 e. The number of aromatic nitrogens is 2. The van der Waals surface area contributed by atoms with E-state index in [1.807, 2.05) is 12.1 Å². The zero-order valence-corrected chi connectivity index (χ0v) is 11.4. The number of nitrogens with one attached hydrogen (secondary N) is 1. The van der Waals surface area contributed by atoms with Gasteiger partial charge in [0.1, 0.15) is 5.82 Å². The molecule has 2 heterocycles. The minimum atomic E-state index is 0.544. The van der Waals surface area contributed by atoms with Gasteiger partial charge in [-0.25, -0.2) is 4.98 Å². The second-order valence-electron chi connectivity index (χ2n) is 4.94. The van der Waals surface area contributed by atoms with Gasteiger partial charge in [-0.15, -0.1) is 0 Å². The normalized spacial score (nSPS) is 19.8. The second-order valence-corrected chi connectivity index (χ2v) is 5.38. The van der Waals surface area contributed by atoms with E-state index in [4.69, 9.17) is 16.6 Å². The number of nitrogens with zero attached hydrogens (tertiary/aromatic N) is 2. The first-order valence-electron chi connectivity index (χ1n) is 6.66. The Bertz CT molecular complexity index is 555. The third-order valence-electron chi connectivity index (χ3n) is 3.61. The number of hydrogen-bond acceptors (Lipinski definition) is 2. The van der Waals surface area contributed by atoms with Crippen LogP contribution in [-0.4, -0.2) is 22.6 Å². The molecule has 1 atom stereocenters. The first kappa shape index (κ1) is 12.0. The maximum atomic E-state index is 6.06. The number of benzene rings is 1. The molecule has 0 bridgehead atoms. The summed E-state index contributed by atoms with van der Waals surface area (Å²) >= 11 is 6.06. The standard InChI is InChI=1S/C14H18ClN3/c1-2-7-18-13-4-3-11(15)8-12(13)17-14(18)10-5-6-16-9-10/h3-4,8,10,16H,2,5-7,9H2,1H3. The average molecular weight is 264 g/mol. The molecule has 0 spiro atoms. The van der Waals surface area contributed by atoms with Gasteiger partial charge in [0.15, 0.2) is 0 Å². The maximum absolute atomic E-state index is 6.06. The minimum Gasteiger partial charge on any atom is -0.328 e. The monoisotopic (exact) mass is 263 g/mol. The van der Waals surface area contributed by atoms with Crippen LogP contribution in [0.4, 0.5) is 0 Å². The number of halogens is 1. The second kappa shape index (κ2) is 4.90. The van der Waals surface area contributed by atoms with Gasteiger partial charge in [-0.2, -0.15) is 0 Å². The summed E-state index contributed by atoms with van der Waals surface area (Å²) < 4.78 is 2.36. The predicted octanol–water partition coefficient (Wildman–Crippen LogP) is 3.18. The molecule has 2 aromatic rings. The molecule has 1 N–H and O–H groups in total. The third kappa shape index (κ3) is 2.02. The SMILES string of the molecule is CCCn1c(C2CCNC2)nc2cc(Cl)ccc21. The van der Waals surface area contributed by atoms with Crippen LogP contribution in [0.1, 0.15) is 31.5 Å². The topological polar surface area (TPSA) is 29.9 Å². The van der Waals surface area contributed by atoms with E-state index in [2.05, 4.69) is 22.9 Å². The van der Waals surface area contributed by atoms with Crippen LogP contribution in [0.5, 0.6) is 0 Å². The Morgan fingerprint density at radius 1 is 1.50 bits per heavy atom. The van der Waals surface area contributed by atoms with Crippen molar-refractivity contribution in [2.24, 2.45) is 0 Å². The summed E-state index contributed by atoms with van der Waals surface area (Å²) in [5.41, 5.74) is 2.24. The Balaban J connectivity index is 2.13. The summed E-state index contributed by atoms with van der Waals surface area (Å²) in [6.45, 7) is 5.38. The smallest absolute Gasteiger partial charge is 0.114 e. The van der Waals surface area contributed by atoms with E-state index in [1.165, 1.54) is 17.8 Å². The lowest BCUT2D eigenvalue weighted by molar-refractivity contribution is 0.601. The fourth-order valence-corrected chi connectivity index (χ4v) is 2.93. The summed E-state index contributed by atoms with van der Waals surface area (Å²) in [6.07, 6.45) is 2.31. The quantitative estimate of drug-likeness (QED) is 0.922. The number of imidazole rings is 1. The summed E-state index contributed by atoms with van der Waals surface area (Å²) in [4.78, 5) is 4.81. The van der Waals surface area contributed by atoms with Gasteiger partial charge in [0, 0.05) is 24.0 Å². The van der Waals surface area contributed by atoms with Crippen molar-refractivity contribution in [2.45, 2.75) is 32.2 Å². The van der Waals surface area contributed by atoms with Crippen molar-refractivity contribution in [2.75, 3.05) is 13.1 Å². The highest BCUT2D eigenvalue weighted by Gasteiger charge is 2.23. The van der Waals surface area contributed by atoms with E-state index in [-0.39, 0.29) is 0 Å². The van der Waals surface area contributed by atoms with Crippen LogP contribution in [0, 0.1) is 0 Å². The number of aryl methyl sites for hydroxylation is 1. The molecule has 1 aromatic heterocycles. The molecule has 1 aliphatic rings. The van der Waals surface area contributed by atoms with Gasteiger partial charge in [0.25, 0.3) is 0 Å². The first-order valence-corrected chi connectivity index (χ1v) is 7.04. The van der Waals surface area contributed by atoms with Gasteiger partial charge in [0.05, 0.1) is 11.0 Å². The van der Waals surface area contributed by atoms with Crippen molar-refractivity contribution < 1.29 is 0 Å². The van der Waals surface area contributed by atoms with Gasteiger partial charge in [-0.3, -0.25) is 0 Å². The van der Waals surface area contributed by atoms with E-state index < -0.39 is 0 Å². The van der Waals surface area contributed by atoms with Crippen molar-refractivity contribution >= 4 is 22.6 Å². The molecule has 0 aliphatic carbocycles. The molecule has 1 aliphatic heterocycles. The summed E-state index contributed by atoms with van der Waals surface area (Å²) in [5, 5.41) is 4.18. The average Bonchev–Trinajstić information content (AvgIpc) is 2.97. The van der Waals surface area contributed by atoms with Crippen LogP contribution in [0.25, 0.3) is 11.0 Å². The van der Waals surface area contributed by atoms with Crippen molar-refractivity contribution in [1.82, 2.24) is 14.9 Å². The highest BCUT2D eigenvalue weighted by Crippen LogP contribution is 2.27. The molecular weight excluding hydrogens is 246 g/mol. The zero-order chi connectivity index (χ0) is 12.5. The van der Waals surface area contributed by atoms with Crippen LogP contribution in [0.3, 0.4) is 0 Å². The Morgan fingerprint density at radius 3 is 3.11 bits per heavy atom. The first-order chi connectivity index (χ1) is 8.79. The highest BCUT2D eigenvalue weighted by atomic mass is 35.5. The fraction of sp³-hybridized carbons (Fsp3) is 0.500. The van der Waals surface area contributed by atoms with Crippen LogP contribution >= 0.6 is 11.6 Å². The Labute approximate surface area is 112 Å². The van der Waals surface area contributed by atoms with Gasteiger partial charge in [-0.1, -0.05) is 18.5 Å². The summed E-state index contributed by atoms with van der Waals surface area (Å²) in [5.74, 6) is 1.77. The molecular formula is C14H18ClN3. The Morgan fingerprint density at radius 2 is 2.39 bits per heavy atom. The van der Waals surface area contributed by atoms with Crippen LogP contribution in [0.15, 0.2) is 18.2 Å². The fourth-order valence-electron chi connectivity index (χ4n) is 2.77. The van der Waals surface area contributed by atoms with E-state index >= 15 is 0 Å². The molecule has 0 radical (unpaired) electrons. The number of hydrogen-bond donors (Lipinski definition) is 1. The van der Waals surface area contributed by atoms with E-state index in [9.17, 15) is 0 Å². The van der Waals surface area contributed by atoms with Gasteiger partial charge in [-0.05, 0) is 37.6 Å². The lowest BCUT2D eigenvalue weighted by atomic mass is 10.1. The molecule has 96 valence electrons. The largest absolute Gasteiger partial charge is 0.328 e. The van der Waals surface area contributed by atoms with Crippen molar-refractivity contribution in [3.05, 3.63) is 29.0 Å². The number of fused-ring (bicyclic) bond motifs is 1. The minimum absolute atomic E-state index is 0.544. The molecule has 1 aromatic carbocycles. The van der Waals surface area contributed by atoms with Gasteiger partial charge < -0.3 is 9.88 Å². The van der Waals surface area contributed by atoms with E-state index in [1.54, 1.807) is 0 Å². The van der Waals surface area contributed by atoms with Crippen LogP contribution in [-0.2, 0) is 6.54 Å². The third-order valence-corrected chi connectivity index (χ3v) is 3.85. The highest BCUT2D eigenvalue weighted by molar-refractivity contribution is 6.31. The molecule has 0 amide bonds. The van der Waals surface area contributed by atoms with Crippen molar-refractivity contribution in [3.63, 3.8) is 0 Å². The lowest BCUT2D eigenvalue weighted by Gasteiger charge is -2.12. The lowest BCUT2D eigenvalue weighted by Crippen LogP contribution is -2.12. The Hall–Kier alpha value is -1.06. The van der Waals surface area contributed by atoms with E-state index in [0.717, 1.165) is 36.6 Å². The predicted molar refractivity (Wildman–Crippen MR) is 75.3 cm³/mol. The molecule has 18 heavy (non-hydrogen) atoms. The van der Waals surface area contributed by atoms with Gasteiger partial charge in [0.2, 0.25) is 0 Å². The Kier molecular flexibility index (Phi) is 3.27. The zero-order valence-electron chi connectivity index (χ0n) is 10.6. The summed E-state index contributed by atoms with van der Waals surface area (Å²) in [7, 11) is 0. The molecule has 1 saturated heterocycles. The van der Waals surface area contributed by atoms with Crippen LogP contribution in [0.2, 0.25) is 5.02 Å². The molecule has 3 nitrogen and oxygen atoms in total. The molecule has 4 heteroatoms. The van der Waals surface area contributed by atoms with Crippen LogP contribution < -0.4 is 5.32 Å². The summed E-state index contributed by atoms with van der Waals surface area (Å²) in [6, 6.07) is 6.01. The molecule has 1 unspecified atom stereocenters. The molecule has 1 fully saturated rings. The van der Waals surface area contributed by atoms with Crippen molar-refractivity contribution in [1.29, 1.82) is 0 Å². The van der Waals surface area contributed by atoms with Gasteiger partial charge >= 0.3 is 0 Å². The van der Waals surface area contributed by atoms with Crippen molar-refractivity contribution in [3.8, 4) is 0 Å².